The average Bonchev–Trinajstić information content (AvgIpc) is 2.58. The van der Waals surface area contributed by atoms with Gasteiger partial charge in [-0.2, -0.15) is 0 Å². The summed E-state index contributed by atoms with van der Waals surface area (Å²) in [7, 11) is 1.28. The summed E-state index contributed by atoms with van der Waals surface area (Å²) in [6.07, 6.45) is 3.77. The number of aryl methyl sites for hydroxylation is 1. The van der Waals surface area contributed by atoms with Crippen LogP contribution in [-0.4, -0.2) is 24.2 Å². The van der Waals surface area contributed by atoms with Gasteiger partial charge < -0.3 is 14.6 Å². The number of carbonyl (C=O) groups excluding carboxylic acids is 2. The maximum Gasteiger partial charge on any atom is 0.311 e. The standard InChI is InChI=1S/C20H20O5/c1-14-11-16(13-17(21)12-14)4-3-15-5-7-18(8-6-15)25-20(23)10-9-19(22)24-2/h3-8,11-13,21H,9-10H2,1-2H3/b4-3+. The lowest BCUT2D eigenvalue weighted by Gasteiger charge is -2.04. The summed E-state index contributed by atoms with van der Waals surface area (Å²) in [6, 6.07) is 12.3. The van der Waals surface area contributed by atoms with Gasteiger partial charge in [-0.25, -0.2) is 0 Å². The number of methoxy groups -OCH3 is 1. The molecule has 0 saturated heterocycles. The second kappa shape index (κ2) is 8.68. The largest absolute Gasteiger partial charge is 0.508 e. The molecular weight excluding hydrogens is 320 g/mol. The topological polar surface area (TPSA) is 72.8 Å². The molecule has 0 aliphatic heterocycles. The summed E-state index contributed by atoms with van der Waals surface area (Å²) in [6.45, 7) is 1.92. The first-order valence-electron chi connectivity index (χ1n) is 7.82. The van der Waals surface area contributed by atoms with E-state index in [4.69, 9.17) is 4.74 Å². The third-order valence-corrected chi connectivity index (χ3v) is 3.43. The number of hydrogen-bond donors (Lipinski definition) is 1. The summed E-state index contributed by atoms with van der Waals surface area (Å²) in [4.78, 5) is 22.6. The summed E-state index contributed by atoms with van der Waals surface area (Å²) >= 11 is 0. The van der Waals surface area contributed by atoms with Crippen LogP contribution in [0.2, 0.25) is 0 Å². The number of esters is 2. The van der Waals surface area contributed by atoms with E-state index in [2.05, 4.69) is 4.74 Å². The van der Waals surface area contributed by atoms with Crippen molar-refractivity contribution in [2.45, 2.75) is 19.8 Å². The van der Waals surface area contributed by atoms with E-state index in [1.807, 2.05) is 37.3 Å². The molecule has 0 atom stereocenters. The minimum atomic E-state index is -0.482. The Hall–Kier alpha value is -3.08. The molecule has 0 bridgehead atoms. The van der Waals surface area contributed by atoms with Crippen molar-refractivity contribution in [1.29, 1.82) is 0 Å². The number of ether oxygens (including phenoxy) is 2. The molecule has 0 aromatic heterocycles. The van der Waals surface area contributed by atoms with Gasteiger partial charge >= 0.3 is 11.9 Å². The molecule has 5 nitrogen and oxygen atoms in total. The van der Waals surface area contributed by atoms with Gasteiger partial charge in [-0.3, -0.25) is 9.59 Å². The van der Waals surface area contributed by atoms with Crippen LogP contribution in [0.3, 0.4) is 0 Å². The van der Waals surface area contributed by atoms with Crippen molar-refractivity contribution in [3.05, 3.63) is 59.2 Å². The lowest BCUT2D eigenvalue weighted by molar-refractivity contribution is -0.144. The van der Waals surface area contributed by atoms with E-state index in [9.17, 15) is 14.7 Å². The highest BCUT2D eigenvalue weighted by Gasteiger charge is 2.08. The SMILES string of the molecule is COC(=O)CCC(=O)Oc1ccc(/C=C/c2cc(C)cc(O)c2)cc1. The van der Waals surface area contributed by atoms with E-state index in [1.54, 1.807) is 24.3 Å². The van der Waals surface area contributed by atoms with Gasteiger partial charge in [-0.15, -0.1) is 0 Å². The normalized spacial score (nSPS) is 10.6. The van der Waals surface area contributed by atoms with Gasteiger partial charge in [0, 0.05) is 0 Å². The summed E-state index contributed by atoms with van der Waals surface area (Å²) in [5.41, 5.74) is 2.81. The van der Waals surface area contributed by atoms with Gasteiger partial charge in [0.2, 0.25) is 0 Å². The molecule has 0 amide bonds. The average molecular weight is 340 g/mol. The van der Waals surface area contributed by atoms with Crippen LogP contribution in [0.1, 0.15) is 29.5 Å². The van der Waals surface area contributed by atoms with Crippen LogP contribution in [-0.2, 0) is 14.3 Å². The van der Waals surface area contributed by atoms with Gasteiger partial charge in [0.15, 0.2) is 0 Å². The molecule has 0 heterocycles. The second-order valence-electron chi connectivity index (χ2n) is 5.55. The van der Waals surface area contributed by atoms with Crippen LogP contribution in [0.5, 0.6) is 11.5 Å². The molecule has 0 aliphatic rings. The molecule has 2 aromatic rings. The number of benzene rings is 2. The lowest BCUT2D eigenvalue weighted by atomic mass is 10.1. The molecule has 2 rings (SSSR count). The molecule has 0 unspecified atom stereocenters. The third-order valence-electron chi connectivity index (χ3n) is 3.43. The van der Waals surface area contributed by atoms with E-state index < -0.39 is 11.9 Å². The highest BCUT2D eigenvalue weighted by atomic mass is 16.5. The first kappa shape index (κ1) is 18.3. The Kier molecular flexibility index (Phi) is 6.34. The Morgan fingerprint density at radius 3 is 2.24 bits per heavy atom. The van der Waals surface area contributed by atoms with E-state index >= 15 is 0 Å². The first-order chi connectivity index (χ1) is 12.0. The van der Waals surface area contributed by atoms with Crippen LogP contribution in [0.4, 0.5) is 0 Å². The van der Waals surface area contributed by atoms with Crippen molar-refractivity contribution in [3.63, 3.8) is 0 Å². The van der Waals surface area contributed by atoms with Gasteiger partial charge in [-0.05, 0) is 47.9 Å². The Morgan fingerprint density at radius 1 is 0.960 bits per heavy atom. The number of rotatable bonds is 6. The maximum atomic E-state index is 11.6. The molecule has 5 heteroatoms. The van der Waals surface area contributed by atoms with Gasteiger partial charge in [0.05, 0.1) is 20.0 Å². The zero-order valence-electron chi connectivity index (χ0n) is 14.2. The minimum absolute atomic E-state index is 0.000504. The summed E-state index contributed by atoms with van der Waals surface area (Å²) < 4.78 is 9.63. The van der Waals surface area contributed by atoms with Crippen LogP contribution in [0, 0.1) is 6.92 Å². The monoisotopic (exact) mass is 340 g/mol. The molecule has 25 heavy (non-hydrogen) atoms. The van der Waals surface area contributed by atoms with E-state index in [-0.39, 0.29) is 18.6 Å². The van der Waals surface area contributed by atoms with Crippen molar-refractivity contribution in [3.8, 4) is 11.5 Å². The quantitative estimate of drug-likeness (QED) is 0.493. The molecule has 0 spiro atoms. The first-order valence-corrected chi connectivity index (χ1v) is 7.82. The van der Waals surface area contributed by atoms with Gasteiger partial charge in [-0.1, -0.05) is 30.4 Å². The fraction of sp³-hybridized carbons (Fsp3) is 0.200. The van der Waals surface area contributed by atoms with Crippen LogP contribution < -0.4 is 4.74 Å². The van der Waals surface area contributed by atoms with Gasteiger partial charge in [0.25, 0.3) is 0 Å². The Labute approximate surface area is 146 Å². The van der Waals surface area contributed by atoms with Crippen molar-refractivity contribution in [2.24, 2.45) is 0 Å². The maximum absolute atomic E-state index is 11.6. The number of hydrogen-bond acceptors (Lipinski definition) is 5. The van der Waals surface area contributed by atoms with E-state index in [1.165, 1.54) is 7.11 Å². The smallest absolute Gasteiger partial charge is 0.311 e. The summed E-state index contributed by atoms with van der Waals surface area (Å²) in [5, 5.41) is 9.59. The molecule has 2 aromatic carbocycles. The molecule has 130 valence electrons. The van der Waals surface area contributed by atoms with Crippen LogP contribution in [0.25, 0.3) is 12.2 Å². The molecule has 0 radical (unpaired) electrons. The van der Waals surface area contributed by atoms with Crippen molar-refractivity contribution < 1.29 is 24.2 Å². The van der Waals surface area contributed by atoms with Crippen molar-refractivity contribution in [2.75, 3.05) is 7.11 Å². The summed E-state index contributed by atoms with van der Waals surface area (Å²) in [5.74, 6) is -0.280. The van der Waals surface area contributed by atoms with Crippen molar-refractivity contribution >= 4 is 24.1 Å². The zero-order valence-corrected chi connectivity index (χ0v) is 14.2. The van der Waals surface area contributed by atoms with Gasteiger partial charge in [0.1, 0.15) is 11.5 Å². The molecule has 0 saturated carbocycles. The molecule has 1 N–H and O–H groups in total. The van der Waals surface area contributed by atoms with Crippen LogP contribution >= 0.6 is 0 Å². The molecular formula is C20H20O5. The Bertz CT molecular complexity index is 755. The van der Waals surface area contributed by atoms with Crippen LogP contribution in [0.15, 0.2) is 42.5 Å². The number of phenols is 1. The van der Waals surface area contributed by atoms with E-state index in [0.717, 1.165) is 16.7 Å². The predicted octanol–water partition coefficient (Wildman–Crippen LogP) is 3.73. The fourth-order valence-corrected chi connectivity index (χ4v) is 2.22. The lowest BCUT2D eigenvalue weighted by Crippen LogP contribution is -2.11. The number of aromatic hydroxyl groups is 1. The molecule has 0 fully saturated rings. The number of carbonyl (C=O) groups is 2. The Balaban J connectivity index is 1.94. The highest BCUT2D eigenvalue weighted by Crippen LogP contribution is 2.19. The van der Waals surface area contributed by atoms with Crippen molar-refractivity contribution in [1.82, 2.24) is 0 Å². The fourth-order valence-electron chi connectivity index (χ4n) is 2.22. The Morgan fingerprint density at radius 2 is 1.60 bits per heavy atom. The minimum Gasteiger partial charge on any atom is -0.508 e. The molecule has 0 aliphatic carbocycles. The second-order valence-corrected chi connectivity index (χ2v) is 5.55. The predicted molar refractivity (Wildman–Crippen MR) is 95.1 cm³/mol. The van der Waals surface area contributed by atoms with E-state index in [0.29, 0.717) is 5.75 Å². The number of phenolic OH excluding ortho intramolecular Hbond substituents is 1. The third kappa shape index (κ3) is 6.14. The zero-order chi connectivity index (χ0) is 18.2. The highest BCUT2D eigenvalue weighted by molar-refractivity contribution is 5.79.